The zero-order valence-electron chi connectivity index (χ0n) is 7.11. The van der Waals surface area contributed by atoms with Gasteiger partial charge in [-0.3, -0.25) is 9.48 Å². The Balaban J connectivity index is 3.25. The molecule has 1 heterocycles. The molecule has 0 fully saturated rings. The van der Waals surface area contributed by atoms with Crippen molar-refractivity contribution < 1.29 is 15.5 Å². The maximum atomic E-state index is 10.6. The number of aromatic nitrogens is 2. The lowest BCUT2D eigenvalue weighted by atomic mass is 10.3. The number of aryl methyl sites for hydroxylation is 2. The van der Waals surface area contributed by atoms with Crippen LogP contribution in [0, 0.1) is 6.92 Å². The number of carbonyl (C=O) groups excluding carboxylic acids is 1. The van der Waals surface area contributed by atoms with Crippen molar-refractivity contribution in [3.05, 3.63) is 11.4 Å². The molecule has 0 radical (unpaired) electrons. The summed E-state index contributed by atoms with van der Waals surface area (Å²) in [5, 5.41) is 12.9. The molecule has 1 rings (SSSR count). The number of quaternary nitrogens is 1. The average molecular weight is 170 g/mol. The lowest BCUT2D eigenvalue weighted by Gasteiger charge is -1.95. The van der Waals surface area contributed by atoms with Crippen LogP contribution in [0.1, 0.15) is 23.1 Å². The fourth-order valence-corrected chi connectivity index (χ4v) is 1.14. The van der Waals surface area contributed by atoms with Gasteiger partial charge < -0.3 is 0 Å². The van der Waals surface area contributed by atoms with Gasteiger partial charge in [-0.2, -0.15) is 10.6 Å². The summed E-state index contributed by atoms with van der Waals surface area (Å²) in [6.07, 6.45) is 0.700. The van der Waals surface area contributed by atoms with Gasteiger partial charge in [0.15, 0.2) is 12.0 Å². The summed E-state index contributed by atoms with van der Waals surface area (Å²) in [7, 11) is 0. The van der Waals surface area contributed by atoms with Crippen LogP contribution in [0.15, 0.2) is 0 Å². The lowest BCUT2D eigenvalue weighted by molar-refractivity contribution is -0.826. The van der Waals surface area contributed by atoms with Gasteiger partial charge in [-0.1, -0.05) is 0 Å². The first kappa shape index (κ1) is 8.89. The zero-order valence-corrected chi connectivity index (χ0v) is 7.11. The minimum Gasteiger partial charge on any atom is -0.296 e. The standard InChI is InChI=1S/C7H11N3O2/c1-3-10-6(4-11)7(9-12)5(2)8-10/h4,9,12H,3H2,1-2H3/p+1. The number of hydrogen-bond donors (Lipinski definition) is 2. The smallest absolute Gasteiger partial charge is 0.213 e. The van der Waals surface area contributed by atoms with Gasteiger partial charge in [0.2, 0.25) is 5.69 Å². The highest BCUT2D eigenvalue weighted by atomic mass is 16.5. The summed E-state index contributed by atoms with van der Waals surface area (Å²) in [6.45, 7) is 4.27. The van der Waals surface area contributed by atoms with Crippen LogP contribution in [-0.2, 0) is 6.54 Å². The molecule has 0 aliphatic rings. The van der Waals surface area contributed by atoms with Crippen LogP contribution in [0.3, 0.4) is 0 Å². The fraction of sp³-hybridized carbons (Fsp3) is 0.429. The van der Waals surface area contributed by atoms with Crippen molar-refractivity contribution in [3.8, 4) is 0 Å². The van der Waals surface area contributed by atoms with Crippen molar-refractivity contribution in [2.24, 2.45) is 0 Å². The molecule has 3 N–H and O–H groups in total. The van der Waals surface area contributed by atoms with Crippen LogP contribution < -0.4 is 5.48 Å². The minimum atomic E-state index is 0.428. The first-order valence-corrected chi connectivity index (χ1v) is 3.74. The largest absolute Gasteiger partial charge is 0.296 e. The van der Waals surface area contributed by atoms with Gasteiger partial charge in [-0.15, -0.1) is 0 Å². The molecule has 0 bridgehead atoms. The third kappa shape index (κ3) is 1.24. The number of carbonyl (C=O) groups is 1. The van der Waals surface area contributed by atoms with E-state index in [1.807, 2.05) is 6.92 Å². The third-order valence-electron chi connectivity index (χ3n) is 1.75. The second-order valence-corrected chi connectivity index (χ2v) is 2.45. The first-order valence-electron chi connectivity index (χ1n) is 3.74. The quantitative estimate of drug-likeness (QED) is 0.479. The summed E-state index contributed by atoms with van der Waals surface area (Å²) >= 11 is 0. The van der Waals surface area contributed by atoms with Crippen LogP contribution in [0.25, 0.3) is 0 Å². The summed E-state index contributed by atoms with van der Waals surface area (Å²) in [6, 6.07) is 0. The van der Waals surface area contributed by atoms with Crippen molar-refractivity contribution >= 4 is 12.0 Å². The molecule has 0 saturated carbocycles. The highest BCUT2D eigenvalue weighted by Gasteiger charge is 2.16. The molecule has 0 aliphatic heterocycles. The number of nitrogens with two attached hydrogens (primary N) is 1. The van der Waals surface area contributed by atoms with Gasteiger partial charge >= 0.3 is 0 Å². The van der Waals surface area contributed by atoms with Crippen molar-refractivity contribution in [3.63, 3.8) is 0 Å². The van der Waals surface area contributed by atoms with Gasteiger partial charge in [-0.05, 0) is 13.8 Å². The van der Waals surface area contributed by atoms with Gasteiger partial charge in [0.05, 0.1) is 0 Å². The molecule has 0 atom stereocenters. The fourth-order valence-electron chi connectivity index (χ4n) is 1.14. The van der Waals surface area contributed by atoms with E-state index in [0.717, 1.165) is 5.48 Å². The van der Waals surface area contributed by atoms with Crippen LogP contribution in [0.5, 0.6) is 0 Å². The highest BCUT2D eigenvalue weighted by Crippen LogP contribution is 2.11. The molecule has 0 aromatic carbocycles. The monoisotopic (exact) mass is 170 g/mol. The molecule has 0 amide bonds. The van der Waals surface area contributed by atoms with Gasteiger partial charge in [0.1, 0.15) is 5.69 Å². The normalized spacial score (nSPS) is 10.2. The van der Waals surface area contributed by atoms with E-state index < -0.39 is 0 Å². The van der Waals surface area contributed by atoms with Crippen molar-refractivity contribution in [2.75, 3.05) is 0 Å². The Morgan fingerprint density at radius 3 is 2.83 bits per heavy atom. The van der Waals surface area contributed by atoms with Crippen LogP contribution >= 0.6 is 0 Å². The summed E-state index contributed by atoms with van der Waals surface area (Å²) < 4.78 is 1.56. The second kappa shape index (κ2) is 3.46. The van der Waals surface area contributed by atoms with Crippen LogP contribution in [-0.4, -0.2) is 21.3 Å². The Morgan fingerprint density at radius 1 is 1.75 bits per heavy atom. The molecular weight excluding hydrogens is 158 g/mol. The SMILES string of the molecule is CCn1nc(C)c([NH2+]O)c1C=O. The average Bonchev–Trinajstić information content (AvgIpc) is 2.40. The molecule has 0 unspecified atom stereocenters. The predicted octanol–water partition coefficient (Wildman–Crippen LogP) is -0.392. The van der Waals surface area contributed by atoms with Crippen molar-refractivity contribution in [1.29, 1.82) is 0 Å². The van der Waals surface area contributed by atoms with E-state index in [9.17, 15) is 4.79 Å². The summed E-state index contributed by atoms with van der Waals surface area (Å²) in [5.74, 6) is 0. The van der Waals surface area contributed by atoms with Gasteiger partial charge in [0.25, 0.3) is 0 Å². The Hall–Kier alpha value is -1.20. The van der Waals surface area contributed by atoms with E-state index in [2.05, 4.69) is 5.10 Å². The molecule has 5 heteroatoms. The maximum absolute atomic E-state index is 10.6. The van der Waals surface area contributed by atoms with E-state index in [0.29, 0.717) is 29.9 Å². The molecule has 0 aliphatic carbocycles. The number of hydrogen-bond acceptors (Lipinski definition) is 3. The van der Waals surface area contributed by atoms with Gasteiger partial charge in [0, 0.05) is 6.54 Å². The highest BCUT2D eigenvalue weighted by molar-refractivity contribution is 5.79. The van der Waals surface area contributed by atoms with Crippen molar-refractivity contribution in [2.45, 2.75) is 20.4 Å². The molecule has 12 heavy (non-hydrogen) atoms. The molecule has 5 nitrogen and oxygen atoms in total. The number of nitrogens with zero attached hydrogens (tertiary/aromatic N) is 2. The molecule has 0 saturated heterocycles. The lowest BCUT2D eigenvalue weighted by Crippen LogP contribution is -2.74. The molecule has 1 aromatic heterocycles. The maximum Gasteiger partial charge on any atom is 0.213 e. The summed E-state index contributed by atoms with van der Waals surface area (Å²) in [5.41, 5.74) is 2.52. The predicted molar refractivity (Wildman–Crippen MR) is 41.4 cm³/mol. The Kier molecular flexibility index (Phi) is 2.57. The van der Waals surface area contributed by atoms with E-state index in [4.69, 9.17) is 5.21 Å². The second-order valence-electron chi connectivity index (χ2n) is 2.45. The molecule has 0 spiro atoms. The van der Waals surface area contributed by atoms with Gasteiger partial charge in [-0.25, -0.2) is 5.21 Å². The Labute approximate surface area is 70.0 Å². The molecule has 1 aromatic rings. The Morgan fingerprint density at radius 2 is 2.42 bits per heavy atom. The van der Waals surface area contributed by atoms with Crippen molar-refractivity contribution in [1.82, 2.24) is 9.78 Å². The van der Waals surface area contributed by atoms with E-state index >= 15 is 0 Å². The van der Waals surface area contributed by atoms with Crippen LogP contribution in [0.4, 0.5) is 5.69 Å². The summed E-state index contributed by atoms with van der Waals surface area (Å²) in [4.78, 5) is 10.6. The van der Waals surface area contributed by atoms with E-state index in [-0.39, 0.29) is 0 Å². The van der Waals surface area contributed by atoms with E-state index in [1.165, 1.54) is 0 Å². The third-order valence-corrected chi connectivity index (χ3v) is 1.75. The number of rotatable bonds is 3. The number of aldehydes is 1. The van der Waals surface area contributed by atoms with Crippen LogP contribution in [0.2, 0.25) is 0 Å². The molecule has 66 valence electrons. The van der Waals surface area contributed by atoms with E-state index in [1.54, 1.807) is 11.6 Å². The zero-order chi connectivity index (χ0) is 9.14. The minimum absolute atomic E-state index is 0.428. The topological polar surface area (TPSA) is 71.7 Å². The Bertz CT molecular complexity index is 293. The molecular formula is C7H12N3O2+. The first-order chi connectivity index (χ1) is 5.74.